The molecule has 0 amide bonds. The molecule has 2 rings (SSSR count). The van der Waals surface area contributed by atoms with E-state index in [0.29, 0.717) is 16.6 Å². The molecular weight excluding hydrogens is 296 g/mol. The zero-order chi connectivity index (χ0) is 16.1. The number of hydrogen-bond acceptors (Lipinski definition) is 3. The number of nitrogens with one attached hydrogen (secondary N) is 2. The quantitative estimate of drug-likeness (QED) is 0.830. The number of hydrogen-bond donors (Lipinski definition) is 2. The largest absolute Gasteiger partial charge is 0.493 e. The van der Waals surface area contributed by atoms with Gasteiger partial charge in [-0.25, -0.2) is 0 Å². The molecular formula is C17H20N2O2S. The second kappa shape index (κ2) is 7.13. The van der Waals surface area contributed by atoms with E-state index in [9.17, 15) is 0 Å². The summed E-state index contributed by atoms with van der Waals surface area (Å²) >= 11 is 5.36. The summed E-state index contributed by atoms with van der Waals surface area (Å²) in [7, 11) is 3.21. The molecule has 0 radical (unpaired) electrons. The van der Waals surface area contributed by atoms with Crippen LogP contribution in [0.1, 0.15) is 11.1 Å². The van der Waals surface area contributed by atoms with Gasteiger partial charge in [0.15, 0.2) is 16.6 Å². The zero-order valence-electron chi connectivity index (χ0n) is 13.2. The summed E-state index contributed by atoms with van der Waals surface area (Å²) in [5.41, 5.74) is 4.20. The average Bonchev–Trinajstić information content (AvgIpc) is 2.50. The highest BCUT2D eigenvalue weighted by Gasteiger charge is 2.06. The van der Waals surface area contributed by atoms with Crippen LogP contribution in [-0.2, 0) is 0 Å². The van der Waals surface area contributed by atoms with Gasteiger partial charge >= 0.3 is 0 Å². The Bertz CT molecular complexity index is 686. The van der Waals surface area contributed by atoms with E-state index in [-0.39, 0.29) is 0 Å². The van der Waals surface area contributed by atoms with Gasteiger partial charge in [0.1, 0.15) is 0 Å². The molecule has 116 valence electrons. The van der Waals surface area contributed by atoms with Crippen LogP contribution in [0.15, 0.2) is 36.4 Å². The van der Waals surface area contributed by atoms with Crippen LogP contribution in [-0.4, -0.2) is 19.3 Å². The molecule has 0 fully saturated rings. The normalized spacial score (nSPS) is 10.0. The Morgan fingerprint density at radius 3 is 2.27 bits per heavy atom. The number of benzene rings is 2. The second-order valence-electron chi connectivity index (χ2n) is 4.97. The Morgan fingerprint density at radius 1 is 0.909 bits per heavy atom. The fourth-order valence-corrected chi connectivity index (χ4v) is 2.38. The first-order chi connectivity index (χ1) is 10.5. The van der Waals surface area contributed by atoms with Crippen LogP contribution in [0.5, 0.6) is 11.5 Å². The van der Waals surface area contributed by atoms with Crippen molar-refractivity contribution < 1.29 is 9.47 Å². The maximum atomic E-state index is 5.36. The van der Waals surface area contributed by atoms with Crippen molar-refractivity contribution in [3.63, 3.8) is 0 Å². The van der Waals surface area contributed by atoms with Crippen LogP contribution in [0, 0.1) is 13.8 Å². The van der Waals surface area contributed by atoms with Crippen LogP contribution >= 0.6 is 12.2 Å². The monoisotopic (exact) mass is 316 g/mol. The lowest BCUT2D eigenvalue weighted by Gasteiger charge is -2.14. The van der Waals surface area contributed by atoms with Gasteiger partial charge in [0.25, 0.3) is 0 Å². The second-order valence-corrected chi connectivity index (χ2v) is 5.38. The maximum Gasteiger partial charge on any atom is 0.175 e. The Balaban J connectivity index is 2.08. The summed E-state index contributed by atoms with van der Waals surface area (Å²) in [6.45, 7) is 4.12. The molecule has 5 heteroatoms. The van der Waals surface area contributed by atoms with E-state index in [2.05, 4.69) is 23.6 Å². The number of rotatable bonds is 4. The highest BCUT2D eigenvalue weighted by molar-refractivity contribution is 7.80. The van der Waals surface area contributed by atoms with Gasteiger partial charge in [0.2, 0.25) is 0 Å². The van der Waals surface area contributed by atoms with Gasteiger partial charge in [-0.1, -0.05) is 17.7 Å². The minimum Gasteiger partial charge on any atom is -0.493 e. The van der Waals surface area contributed by atoms with Crippen LogP contribution in [0.3, 0.4) is 0 Å². The molecule has 4 nitrogen and oxygen atoms in total. The van der Waals surface area contributed by atoms with Crippen LogP contribution in [0.2, 0.25) is 0 Å². The van der Waals surface area contributed by atoms with Crippen molar-refractivity contribution in [1.82, 2.24) is 0 Å². The minimum absolute atomic E-state index is 0.527. The van der Waals surface area contributed by atoms with E-state index in [1.54, 1.807) is 14.2 Å². The predicted molar refractivity (Wildman–Crippen MR) is 95.3 cm³/mol. The average molecular weight is 316 g/mol. The Kier molecular flexibility index (Phi) is 5.22. The van der Waals surface area contributed by atoms with Gasteiger partial charge in [0, 0.05) is 17.4 Å². The lowest BCUT2D eigenvalue weighted by Crippen LogP contribution is -2.19. The van der Waals surface area contributed by atoms with Crippen LogP contribution in [0.25, 0.3) is 0 Å². The molecule has 0 unspecified atom stereocenters. The van der Waals surface area contributed by atoms with Gasteiger partial charge in [-0.2, -0.15) is 0 Å². The summed E-state index contributed by atoms with van der Waals surface area (Å²) in [5, 5.41) is 6.87. The van der Waals surface area contributed by atoms with Gasteiger partial charge in [0.05, 0.1) is 14.2 Å². The molecule has 0 bridgehead atoms. The van der Waals surface area contributed by atoms with Gasteiger partial charge < -0.3 is 20.1 Å². The molecule has 0 atom stereocenters. The first-order valence-electron chi connectivity index (χ1n) is 6.90. The Hall–Kier alpha value is -2.27. The summed E-state index contributed by atoms with van der Waals surface area (Å²) in [6.07, 6.45) is 0. The van der Waals surface area contributed by atoms with Crippen molar-refractivity contribution in [1.29, 1.82) is 0 Å². The van der Waals surface area contributed by atoms with Crippen LogP contribution in [0.4, 0.5) is 11.4 Å². The number of aryl methyl sites for hydroxylation is 2. The SMILES string of the molecule is COc1ccc(NC(=S)Nc2ccc(C)cc2C)cc1OC. The van der Waals surface area contributed by atoms with Crippen molar-refractivity contribution in [2.45, 2.75) is 13.8 Å². The lowest BCUT2D eigenvalue weighted by molar-refractivity contribution is 0.355. The topological polar surface area (TPSA) is 42.5 Å². The molecule has 0 aliphatic heterocycles. The zero-order valence-corrected chi connectivity index (χ0v) is 14.0. The molecule has 2 aromatic carbocycles. The maximum absolute atomic E-state index is 5.36. The first-order valence-corrected chi connectivity index (χ1v) is 7.31. The van der Waals surface area contributed by atoms with Crippen LogP contribution < -0.4 is 20.1 Å². The number of ether oxygens (including phenoxy) is 2. The van der Waals surface area contributed by atoms with E-state index in [1.807, 2.05) is 37.3 Å². The molecule has 0 saturated carbocycles. The van der Waals surface area contributed by atoms with Gasteiger partial charge in [-0.05, 0) is 49.8 Å². The molecule has 0 aliphatic carbocycles. The van der Waals surface area contributed by atoms with Gasteiger partial charge in [-0.15, -0.1) is 0 Å². The standard InChI is InChI=1S/C17H20N2O2S/c1-11-5-7-14(12(2)9-11)19-17(22)18-13-6-8-15(20-3)16(10-13)21-4/h5-10H,1-4H3,(H2,18,19,22). The van der Waals surface area contributed by atoms with Crippen molar-refractivity contribution in [2.24, 2.45) is 0 Å². The predicted octanol–water partition coefficient (Wildman–Crippen LogP) is 4.13. The number of thiocarbonyl (C=S) groups is 1. The van der Waals surface area contributed by atoms with E-state index in [1.165, 1.54) is 5.56 Å². The van der Waals surface area contributed by atoms with E-state index < -0.39 is 0 Å². The highest BCUT2D eigenvalue weighted by Crippen LogP contribution is 2.29. The molecule has 0 heterocycles. The third kappa shape index (κ3) is 3.89. The summed E-state index contributed by atoms with van der Waals surface area (Å²) in [5.74, 6) is 1.34. The van der Waals surface area contributed by atoms with Crippen molar-refractivity contribution >= 4 is 28.7 Å². The van der Waals surface area contributed by atoms with E-state index in [0.717, 1.165) is 16.9 Å². The number of anilines is 2. The van der Waals surface area contributed by atoms with Crippen molar-refractivity contribution in [2.75, 3.05) is 24.9 Å². The highest BCUT2D eigenvalue weighted by atomic mass is 32.1. The third-order valence-corrected chi connectivity index (χ3v) is 3.48. The minimum atomic E-state index is 0.527. The molecule has 0 saturated heterocycles. The van der Waals surface area contributed by atoms with E-state index >= 15 is 0 Å². The van der Waals surface area contributed by atoms with Crippen molar-refractivity contribution in [3.05, 3.63) is 47.5 Å². The fraction of sp³-hybridized carbons (Fsp3) is 0.235. The summed E-state index contributed by atoms with van der Waals surface area (Å²) in [4.78, 5) is 0. The first kappa shape index (κ1) is 16.1. The molecule has 0 spiro atoms. The third-order valence-electron chi connectivity index (χ3n) is 3.27. The molecule has 0 aromatic heterocycles. The summed E-state index contributed by atoms with van der Waals surface area (Å²) < 4.78 is 10.5. The van der Waals surface area contributed by atoms with Gasteiger partial charge in [-0.3, -0.25) is 0 Å². The van der Waals surface area contributed by atoms with E-state index in [4.69, 9.17) is 21.7 Å². The Morgan fingerprint density at radius 2 is 1.64 bits per heavy atom. The van der Waals surface area contributed by atoms with Crippen molar-refractivity contribution in [3.8, 4) is 11.5 Å². The lowest BCUT2D eigenvalue weighted by atomic mass is 10.1. The fourth-order valence-electron chi connectivity index (χ4n) is 2.15. The smallest absolute Gasteiger partial charge is 0.175 e. The Labute approximate surface area is 136 Å². The molecule has 0 aliphatic rings. The molecule has 22 heavy (non-hydrogen) atoms. The number of methoxy groups -OCH3 is 2. The molecule has 2 aromatic rings. The molecule has 2 N–H and O–H groups in total. The summed E-state index contributed by atoms with van der Waals surface area (Å²) in [6, 6.07) is 11.7.